The number of nitrogens with one attached hydrogen (secondary N) is 1. The maximum absolute atomic E-state index is 11.0. The molecule has 0 aliphatic heterocycles. The van der Waals surface area contributed by atoms with E-state index in [1.54, 1.807) is 18.3 Å². The van der Waals surface area contributed by atoms with Crippen molar-refractivity contribution in [2.24, 2.45) is 0 Å². The van der Waals surface area contributed by atoms with Crippen molar-refractivity contribution in [3.05, 3.63) is 22.4 Å². The van der Waals surface area contributed by atoms with E-state index in [4.69, 9.17) is 4.74 Å². The van der Waals surface area contributed by atoms with E-state index in [1.165, 1.54) is 4.88 Å². The highest BCUT2D eigenvalue weighted by atomic mass is 32.1. The van der Waals surface area contributed by atoms with Crippen molar-refractivity contribution in [3.63, 3.8) is 0 Å². The van der Waals surface area contributed by atoms with Crippen LogP contribution < -0.4 is 5.32 Å². The molecule has 0 radical (unpaired) electrons. The van der Waals surface area contributed by atoms with Crippen LogP contribution in [0.3, 0.4) is 0 Å². The highest BCUT2D eigenvalue weighted by Gasteiger charge is 2.10. The van der Waals surface area contributed by atoms with Crippen LogP contribution in [0.4, 0.5) is 0 Å². The van der Waals surface area contributed by atoms with E-state index in [9.17, 15) is 9.90 Å². The molecule has 0 aliphatic rings. The van der Waals surface area contributed by atoms with Gasteiger partial charge in [-0.1, -0.05) is 6.07 Å². The zero-order valence-electron chi connectivity index (χ0n) is 9.31. The molecule has 0 spiro atoms. The third-order valence-corrected chi connectivity index (χ3v) is 2.84. The number of aliphatic hydroxyl groups excluding tert-OH is 1. The van der Waals surface area contributed by atoms with Crippen LogP contribution in [0, 0.1) is 0 Å². The van der Waals surface area contributed by atoms with Gasteiger partial charge >= 0.3 is 5.97 Å². The molecule has 1 unspecified atom stereocenters. The number of rotatable bonds is 7. The van der Waals surface area contributed by atoms with E-state index < -0.39 is 6.10 Å². The summed E-state index contributed by atoms with van der Waals surface area (Å²) in [6.45, 7) is 3.22. The Morgan fingerprint density at radius 2 is 2.50 bits per heavy atom. The Hall–Kier alpha value is -0.910. The van der Waals surface area contributed by atoms with Crippen molar-refractivity contribution in [2.45, 2.75) is 26.0 Å². The van der Waals surface area contributed by atoms with Crippen LogP contribution in [0.1, 0.15) is 18.2 Å². The van der Waals surface area contributed by atoms with Crippen LogP contribution in [0.15, 0.2) is 17.5 Å². The Bertz CT molecular complexity index is 300. The Morgan fingerprint density at radius 1 is 1.69 bits per heavy atom. The van der Waals surface area contributed by atoms with Gasteiger partial charge in [-0.15, -0.1) is 11.3 Å². The number of thiophene rings is 1. The first-order chi connectivity index (χ1) is 7.72. The molecular formula is C11H17NO3S. The van der Waals surface area contributed by atoms with Crippen molar-refractivity contribution in [1.82, 2.24) is 5.32 Å². The molecule has 0 amide bonds. The van der Waals surface area contributed by atoms with Gasteiger partial charge in [0.2, 0.25) is 0 Å². The third-order valence-electron chi connectivity index (χ3n) is 1.97. The van der Waals surface area contributed by atoms with E-state index in [0.717, 1.165) is 6.54 Å². The molecular weight excluding hydrogens is 226 g/mol. The number of hydrogen-bond acceptors (Lipinski definition) is 5. The minimum absolute atomic E-state index is 0.0469. The molecule has 0 fully saturated rings. The molecule has 0 aliphatic carbocycles. The van der Waals surface area contributed by atoms with E-state index in [1.807, 2.05) is 17.5 Å². The van der Waals surface area contributed by atoms with Gasteiger partial charge in [-0.3, -0.25) is 4.79 Å². The molecule has 1 rings (SSSR count). The lowest BCUT2D eigenvalue weighted by Gasteiger charge is -2.10. The first-order valence-corrected chi connectivity index (χ1v) is 6.17. The van der Waals surface area contributed by atoms with Crippen molar-refractivity contribution >= 4 is 17.3 Å². The fourth-order valence-electron chi connectivity index (χ4n) is 1.26. The number of carbonyl (C=O) groups excluding carboxylic acids is 1. The molecule has 5 heteroatoms. The normalized spacial score (nSPS) is 12.4. The van der Waals surface area contributed by atoms with Gasteiger partial charge in [0, 0.05) is 18.0 Å². The van der Waals surface area contributed by atoms with Crippen molar-refractivity contribution in [2.75, 3.05) is 13.2 Å². The Kier molecular flexibility index (Phi) is 6.07. The monoisotopic (exact) mass is 243 g/mol. The van der Waals surface area contributed by atoms with E-state index in [2.05, 4.69) is 5.32 Å². The zero-order valence-corrected chi connectivity index (χ0v) is 10.1. The van der Waals surface area contributed by atoms with Gasteiger partial charge in [0.15, 0.2) is 0 Å². The average molecular weight is 243 g/mol. The van der Waals surface area contributed by atoms with Crippen molar-refractivity contribution in [3.8, 4) is 0 Å². The molecule has 0 aromatic carbocycles. The van der Waals surface area contributed by atoms with Crippen LogP contribution in [0.25, 0.3) is 0 Å². The Balaban J connectivity index is 2.10. The predicted molar refractivity (Wildman–Crippen MR) is 63.3 cm³/mol. The first kappa shape index (κ1) is 13.2. The summed E-state index contributed by atoms with van der Waals surface area (Å²) < 4.78 is 4.74. The molecule has 16 heavy (non-hydrogen) atoms. The lowest BCUT2D eigenvalue weighted by atomic mass is 10.2. The van der Waals surface area contributed by atoms with Crippen molar-refractivity contribution < 1.29 is 14.6 Å². The van der Waals surface area contributed by atoms with Crippen LogP contribution in [-0.4, -0.2) is 30.3 Å². The number of ether oxygens (including phenoxy) is 1. The van der Waals surface area contributed by atoms with Crippen molar-refractivity contribution in [1.29, 1.82) is 0 Å². The van der Waals surface area contributed by atoms with Gasteiger partial charge in [-0.25, -0.2) is 0 Å². The lowest BCUT2D eigenvalue weighted by molar-refractivity contribution is -0.145. The lowest BCUT2D eigenvalue weighted by Crippen LogP contribution is -2.28. The highest BCUT2D eigenvalue weighted by molar-refractivity contribution is 7.09. The van der Waals surface area contributed by atoms with E-state index in [0.29, 0.717) is 13.2 Å². The van der Waals surface area contributed by atoms with Crippen LogP contribution in [0.5, 0.6) is 0 Å². The summed E-state index contributed by atoms with van der Waals surface area (Å²) in [5.41, 5.74) is 0. The molecule has 90 valence electrons. The summed E-state index contributed by atoms with van der Waals surface area (Å²) in [4.78, 5) is 12.2. The zero-order chi connectivity index (χ0) is 11.8. The molecule has 1 heterocycles. The second-order valence-corrected chi connectivity index (χ2v) is 4.41. The van der Waals surface area contributed by atoms with E-state index in [-0.39, 0.29) is 12.4 Å². The third kappa shape index (κ3) is 5.25. The highest BCUT2D eigenvalue weighted by Crippen LogP contribution is 2.07. The smallest absolute Gasteiger partial charge is 0.308 e. The number of esters is 1. The molecule has 1 aromatic heterocycles. The second-order valence-electron chi connectivity index (χ2n) is 3.37. The minimum Gasteiger partial charge on any atom is -0.466 e. The molecule has 0 bridgehead atoms. The number of hydrogen-bond donors (Lipinski definition) is 2. The quantitative estimate of drug-likeness (QED) is 0.705. The van der Waals surface area contributed by atoms with Gasteiger partial charge in [-0.05, 0) is 18.4 Å². The minimum atomic E-state index is -0.681. The molecule has 4 nitrogen and oxygen atoms in total. The van der Waals surface area contributed by atoms with Gasteiger partial charge in [0.25, 0.3) is 0 Å². The maximum Gasteiger partial charge on any atom is 0.308 e. The number of aliphatic hydroxyl groups is 1. The summed E-state index contributed by atoms with van der Waals surface area (Å²) in [6, 6.07) is 4.01. The first-order valence-electron chi connectivity index (χ1n) is 5.29. The standard InChI is InChI=1S/C11H17NO3S/c1-2-15-11(14)6-9(13)7-12-8-10-4-3-5-16-10/h3-5,9,12-13H,2,6-8H2,1H3. The van der Waals surface area contributed by atoms with Gasteiger partial charge in [0.1, 0.15) is 0 Å². The SMILES string of the molecule is CCOC(=O)CC(O)CNCc1cccs1. The summed E-state index contributed by atoms with van der Waals surface area (Å²) in [5, 5.41) is 14.6. The fraction of sp³-hybridized carbons (Fsp3) is 0.545. The Labute approximate surface area is 99.2 Å². The largest absolute Gasteiger partial charge is 0.466 e. The van der Waals surface area contributed by atoms with Gasteiger partial charge in [0.05, 0.1) is 19.1 Å². The van der Waals surface area contributed by atoms with Crippen LogP contribution in [0.2, 0.25) is 0 Å². The molecule has 1 atom stereocenters. The average Bonchev–Trinajstić information content (AvgIpc) is 2.70. The predicted octanol–water partition coefficient (Wildman–Crippen LogP) is 1.15. The van der Waals surface area contributed by atoms with E-state index >= 15 is 0 Å². The van der Waals surface area contributed by atoms with Gasteiger partial charge in [-0.2, -0.15) is 0 Å². The summed E-state index contributed by atoms with van der Waals surface area (Å²) >= 11 is 1.66. The summed E-state index contributed by atoms with van der Waals surface area (Å²) in [6.07, 6.45) is -0.635. The molecule has 0 saturated heterocycles. The molecule has 1 aromatic rings. The number of carbonyl (C=O) groups is 1. The summed E-state index contributed by atoms with van der Waals surface area (Å²) in [7, 11) is 0. The van der Waals surface area contributed by atoms with Crippen LogP contribution >= 0.6 is 11.3 Å². The van der Waals surface area contributed by atoms with Crippen LogP contribution in [-0.2, 0) is 16.1 Å². The molecule has 2 N–H and O–H groups in total. The van der Waals surface area contributed by atoms with Gasteiger partial charge < -0.3 is 15.2 Å². The topological polar surface area (TPSA) is 58.6 Å². The maximum atomic E-state index is 11.0. The fourth-order valence-corrected chi connectivity index (χ4v) is 1.93. The summed E-state index contributed by atoms with van der Waals surface area (Å²) in [5.74, 6) is -0.354. The molecule has 0 saturated carbocycles. The second kappa shape index (κ2) is 7.38. The Morgan fingerprint density at radius 3 is 3.12 bits per heavy atom.